The third-order valence-electron chi connectivity index (χ3n) is 3.36. The average molecular weight is 235 g/mol. The highest BCUT2D eigenvalue weighted by Gasteiger charge is 2.43. The SMILES string of the molecule is CCC1(C(=O)OC)Cc2cc(OC)ccc2N1. The molecule has 0 amide bonds. The van der Waals surface area contributed by atoms with E-state index < -0.39 is 5.54 Å². The van der Waals surface area contributed by atoms with Crippen LogP contribution in [0.3, 0.4) is 0 Å². The molecule has 0 aromatic heterocycles. The lowest BCUT2D eigenvalue weighted by atomic mass is 9.92. The highest BCUT2D eigenvalue weighted by Crippen LogP contribution is 2.37. The third-order valence-corrected chi connectivity index (χ3v) is 3.36. The number of esters is 1. The van der Waals surface area contributed by atoms with Crippen LogP contribution in [0.1, 0.15) is 18.9 Å². The van der Waals surface area contributed by atoms with Crippen molar-refractivity contribution in [1.29, 1.82) is 0 Å². The highest BCUT2D eigenvalue weighted by molar-refractivity contribution is 5.88. The van der Waals surface area contributed by atoms with Gasteiger partial charge >= 0.3 is 5.97 Å². The van der Waals surface area contributed by atoms with Crippen molar-refractivity contribution in [3.63, 3.8) is 0 Å². The van der Waals surface area contributed by atoms with E-state index >= 15 is 0 Å². The maximum atomic E-state index is 11.9. The number of fused-ring (bicyclic) bond motifs is 1. The standard InChI is InChI=1S/C13H17NO3/c1-4-13(12(15)17-3)8-9-7-10(16-2)5-6-11(9)14-13/h5-7,14H,4,8H2,1-3H3. The lowest BCUT2D eigenvalue weighted by Gasteiger charge is -2.25. The maximum Gasteiger partial charge on any atom is 0.331 e. The van der Waals surface area contributed by atoms with Gasteiger partial charge in [-0.25, -0.2) is 4.79 Å². The van der Waals surface area contributed by atoms with Gasteiger partial charge in [-0.05, 0) is 30.2 Å². The van der Waals surface area contributed by atoms with Gasteiger partial charge in [0.1, 0.15) is 11.3 Å². The summed E-state index contributed by atoms with van der Waals surface area (Å²) in [5, 5.41) is 3.27. The van der Waals surface area contributed by atoms with Crippen LogP contribution in [0.5, 0.6) is 5.75 Å². The molecular formula is C13H17NO3. The number of benzene rings is 1. The van der Waals surface area contributed by atoms with Crippen LogP contribution >= 0.6 is 0 Å². The molecule has 0 spiro atoms. The molecule has 1 aliphatic heterocycles. The number of nitrogens with one attached hydrogen (secondary N) is 1. The van der Waals surface area contributed by atoms with Crippen LogP contribution in [0.2, 0.25) is 0 Å². The van der Waals surface area contributed by atoms with E-state index in [-0.39, 0.29) is 5.97 Å². The molecule has 1 unspecified atom stereocenters. The smallest absolute Gasteiger partial charge is 0.331 e. The van der Waals surface area contributed by atoms with Gasteiger partial charge in [0, 0.05) is 12.1 Å². The fourth-order valence-electron chi connectivity index (χ4n) is 2.27. The summed E-state index contributed by atoms with van der Waals surface area (Å²) < 4.78 is 10.1. The minimum Gasteiger partial charge on any atom is -0.497 e. The third kappa shape index (κ3) is 1.84. The first-order chi connectivity index (χ1) is 8.15. The Bertz CT molecular complexity index is 444. The van der Waals surface area contributed by atoms with E-state index in [0.717, 1.165) is 17.0 Å². The van der Waals surface area contributed by atoms with E-state index in [1.807, 2.05) is 25.1 Å². The van der Waals surface area contributed by atoms with E-state index in [9.17, 15) is 4.79 Å². The van der Waals surface area contributed by atoms with Crippen LogP contribution in [0, 0.1) is 0 Å². The number of methoxy groups -OCH3 is 2. The molecule has 4 heteroatoms. The van der Waals surface area contributed by atoms with Gasteiger partial charge in [-0.2, -0.15) is 0 Å². The van der Waals surface area contributed by atoms with Crippen LogP contribution < -0.4 is 10.1 Å². The number of ether oxygens (including phenoxy) is 2. The highest BCUT2D eigenvalue weighted by atomic mass is 16.5. The molecule has 0 saturated carbocycles. The second-order valence-electron chi connectivity index (χ2n) is 4.25. The Morgan fingerprint density at radius 2 is 2.24 bits per heavy atom. The molecule has 0 aliphatic carbocycles. The zero-order valence-corrected chi connectivity index (χ0v) is 10.4. The lowest BCUT2D eigenvalue weighted by molar-refractivity contribution is -0.145. The fraction of sp³-hybridized carbons (Fsp3) is 0.462. The number of hydrogen-bond acceptors (Lipinski definition) is 4. The molecule has 1 aromatic rings. The quantitative estimate of drug-likeness (QED) is 0.814. The summed E-state index contributed by atoms with van der Waals surface area (Å²) in [5.41, 5.74) is 1.46. The molecule has 0 radical (unpaired) electrons. The van der Waals surface area contributed by atoms with Gasteiger partial charge in [0.15, 0.2) is 0 Å². The molecule has 1 N–H and O–H groups in total. The monoisotopic (exact) mass is 235 g/mol. The van der Waals surface area contributed by atoms with Gasteiger partial charge in [0.2, 0.25) is 0 Å². The largest absolute Gasteiger partial charge is 0.497 e. The maximum absolute atomic E-state index is 11.9. The molecule has 1 atom stereocenters. The van der Waals surface area contributed by atoms with Crippen molar-refractivity contribution in [3.8, 4) is 5.75 Å². The van der Waals surface area contributed by atoms with Gasteiger partial charge in [0.25, 0.3) is 0 Å². The van der Waals surface area contributed by atoms with Crippen molar-refractivity contribution in [1.82, 2.24) is 0 Å². The number of carbonyl (C=O) groups excluding carboxylic acids is 1. The normalized spacial score (nSPS) is 21.6. The zero-order valence-electron chi connectivity index (χ0n) is 10.4. The van der Waals surface area contributed by atoms with E-state index in [4.69, 9.17) is 9.47 Å². The molecule has 1 aliphatic rings. The van der Waals surface area contributed by atoms with Crippen molar-refractivity contribution < 1.29 is 14.3 Å². The van der Waals surface area contributed by atoms with Crippen molar-refractivity contribution in [2.75, 3.05) is 19.5 Å². The summed E-state index contributed by atoms with van der Waals surface area (Å²) in [6, 6.07) is 5.78. The van der Waals surface area contributed by atoms with Crippen molar-refractivity contribution >= 4 is 11.7 Å². The second kappa shape index (κ2) is 4.28. The van der Waals surface area contributed by atoms with Gasteiger partial charge in [-0.3, -0.25) is 0 Å². The second-order valence-corrected chi connectivity index (χ2v) is 4.25. The van der Waals surface area contributed by atoms with E-state index in [1.165, 1.54) is 7.11 Å². The van der Waals surface area contributed by atoms with Crippen LogP contribution in [0.25, 0.3) is 0 Å². The zero-order chi connectivity index (χ0) is 12.5. The molecule has 0 bridgehead atoms. The van der Waals surface area contributed by atoms with Gasteiger partial charge in [0.05, 0.1) is 14.2 Å². The van der Waals surface area contributed by atoms with Crippen LogP contribution in [0.4, 0.5) is 5.69 Å². The predicted octanol–water partition coefficient (Wildman–Crippen LogP) is 1.98. The molecule has 1 aromatic carbocycles. The first kappa shape index (κ1) is 11.8. The summed E-state index contributed by atoms with van der Waals surface area (Å²) in [4.78, 5) is 11.9. The topological polar surface area (TPSA) is 47.6 Å². The Labute approximate surface area is 101 Å². The minimum absolute atomic E-state index is 0.213. The van der Waals surface area contributed by atoms with E-state index in [2.05, 4.69) is 5.32 Å². The van der Waals surface area contributed by atoms with Gasteiger partial charge in [-0.1, -0.05) is 6.92 Å². The molecule has 0 saturated heterocycles. The molecule has 92 valence electrons. The van der Waals surface area contributed by atoms with Crippen molar-refractivity contribution in [3.05, 3.63) is 23.8 Å². The van der Waals surface area contributed by atoms with Crippen molar-refractivity contribution in [2.45, 2.75) is 25.3 Å². The Morgan fingerprint density at radius 1 is 1.47 bits per heavy atom. The number of carbonyl (C=O) groups is 1. The summed E-state index contributed by atoms with van der Waals surface area (Å²) in [6.07, 6.45) is 1.33. The summed E-state index contributed by atoms with van der Waals surface area (Å²) in [5.74, 6) is 0.595. The van der Waals surface area contributed by atoms with Crippen molar-refractivity contribution in [2.24, 2.45) is 0 Å². The Morgan fingerprint density at radius 3 is 2.82 bits per heavy atom. The molecule has 4 nitrogen and oxygen atoms in total. The first-order valence-electron chi connectivity index (χ1n) is 5.68. The van der Waals surface area contributed by atoms with Gasteiger partial charge in [-0.15, -0.1) is 0 Å². The first-order valence-corrected chi connectivity index (χ1v) is 5.68. The average Bonchev–Trinajstić information content (AvgIpc) is 2.76. The number of hydrogen-bond donors (Lipinski definition) is 1. The minimum atomic E-state index is -0.622. The van der Waals surface area contributed by atoms with Crippen LogP contribution in [-0.4, -0.2) is 25.7 Å². The number of rotatable bonds is 3. The van der Waals surface area contributed by atoms with E-state index in [0.29, 0.717) is 12.8 Å². The Hall–Kier alpha value is -1.71. The van der Waals surface area contributed by atoms with Crippen LogP contribution in [-0.2, 0) is 16.0 Å². The van der Waals surface area contributed by atoms with E-state index in [1.54, 1.807) is 7.11 Å². The molecule has 1 heterocycles. The summed E-state index contributed by atoms with van der Waals surface area (Å²) >= 11 is 0. The fourth-order valence-corrected chi connectivity index (χ4v) is 2.27. The Kier molecular flexibility index (Phi) is 2.96. The predicted molar refractivity (Wildman–Crippen MR) is 65.4 cm³/mol. The molecule has 2 rings (SSSR count). The molecular weight excluding hydrogens is 218 g/mol. The van der Waals surface area contributed by atoms with Crippen LogP contribution in [0.15, 0.2) is 18.2 Å². The summed E-state index contributed by atoms with van der Waals surface area (Å²) in [7, 11) is 3.06. The van der Waals surface area contributed by atoms with Gasteiger partial charge < -0.3 is 14.8 Å². The molecule has 0 fully saturated rings. The lowest BCUT2D eigenvalue weighted by Crippen LogP contribution is -2.45. The number of anilines is 1. The summed E-state index contributed by atoms with van der Waals surface area (Å²) in [6.45, 7) is 1.98. The molecule has 17 heavy (non-hydrogen) atoms. The Balaban J connectivity index is 2.33.